The molecule has 1 fully saturated rings. The number of nitrogen functional groups attached to an aromatic ring is 1. The van der Waals surface area contributed by atoms with Gasteiger partial charge < -0.3 is 10.5 Å². The second-order valence-corrected chi connectivity index (χ2v) is 6.39. The lowest BCUT2D eigenvalue weighted by Crippen LogP contribution is -2.37. The van der Waals surface area contributed by atoms with Crippen LogP contribution in [-0.2, 0) is 14.8 Å². The van der Waals surface area contributed by atoms with E-state index in [2.05, 4.69) is 0 Å². The van der Waals surface area contributed by atoms with Gasteiger partial charge in [-0.05, 0) is 24.1 Å². The Morgan fingerprint density at radius 3 is 2.94 bits per heavy atom. The summed E-state index contributed by atoms with van der Waals surface area (Å²) in [4.78, 5) is 0. The van der Waals surface area contributed by atoms with Crippen molar-refractivity contribution >= 4 is 21.4 Å². The number of benzene rings is 1. The van der Waals surface area contributed by atoms with Crippen LogP contribution in [0.5, 0.6) is 0 Å². The van der Waals surface area contributed by atoms with Crippen molar-refractivity contribution in [2.24, 2.45) is 0 Å². The van der Waals surface area contributed by atoms with Gasteiger partial charge in [0, 0.05) is 11.6 Å². The van der Waals surface area contributed by atoms with E-state index in [1.807, 2.05) is 6.07 Å². The van der Waals surface area contributed by atoms with Crippen molar-refractivity contribution in [2.75, 3.05) is 22.9 Å². The summed E-state index contributed by atoms with van der Waals surface area (Å²) in [5, 5.41) is 0. The average molecular weight is 254 g/mol. The van der Waals surface area contributed by atoms with Crippen LogP contribution < -0.4 is 10.0 Å². The lowest BCUT2D eigenvalue weighted by Gasteiger charge is -2.23. The molecule has 0 unspecified atom stereocenters. The van der Waals surface area contributed by atoms with E-state index in [-0.39, 0.29) is 12.1 Å². The number of hydrogen-bond acceptors (Lipinski definition) is 4. The molecule has 3 rings (SSSR count). The van der Waals surface area contributed by atoms with Gasteiger partial charge in [0.1, 0.15) is 0 Å². The predicted octanol–water partition coefficient (Wildman–Crippen LogP) is 0.878. The molecule has 0 aliphatic carbocycles. The molecule has 0 spiro atoms. The molecule has 2 atom stereocenters. The van der Waals surface area contributed by atoms with Crippen molar-refractivity contribution < 1.29 is 13.2 Å². The standard InChI is InChI=1S/C11H14N2O3S/c1-17(14,15)13-10-6-7(12)2-3-8(10)9-4-5-16-11(9)13/h2-3,6,9,11H,4-5,12H2,1H3/t9-,11-/m0/s1. The third-order valence-electron chi connectivity index (χ3n) is 3.34. The van der Waals surface area contributed by atoms with E-state index in [0.29, 0.717) is 18.0 Å². The highest BCUT2D eigenvalue weighted by Gasteiger charge is 2.46. The third-order valence-corrected chi connectivity index (χ3v) is 4.46. The molecule has 0 bridgehead atoms. The van der Waals surface area contributed by atoms with E-state index in [0.717, 1.165) is 12.0 Å². The van der Waals surface area contributed by atoms with Crippen LogP contribution in [0.2, 0.25) is 0 Å². The highest BCUT2D eigenvalue weighted by molar-refractivity contribution is 7.92. The molecule has 0 aromatic heterocycles. The molecule has 1 aromatic carbocycles. The van der Waals surface area contributed by atoms with E-state index in [4.69, 9.17) is 10.5 Å². The number of hydrogen-bond donors (Lipinski definition) is 1. The van der Waals surface area contributed by atoms with Crippen LogP contribution >= 0.6 is 0 Å². The third kappa shape index (κ3) is 1.51. The lowest BCUT2D eigenvalue weighted by molar-refractivity contribution is 0.118. The fraction of sp³-hybridized carbons (Fsp3) is 0.455. The molecule has 2 aliphatic heterocycles. The highest BCUT2D eigenvalue weighted by Crippen LogP contribution is 2.48. The zero-order valence-electron chi connectivity index (χ0n) is 9.46. The molecular formula is C11H14N2O3S. The average Bonchev–Trinajstić information content (AvgIpc) is 2.73. The van der Waals surface area contributed by atoms with Gasteiger partial charge in [-0.1, -0.05) is 6.07 Å². The van der Waals surface area contributed by atoms with Crippen molar-refractivity contribution in [1.29, 1.82) is 0 Å². The van der Waals surface area contributed by atoms with Crippen molar-refractivity contribution in [3.8, 4) is 0 Å². The molecule has 2 N–H and O–H groups in total. The number of fused-ring (bicyclic) bond motifs is 3. The zero-order chi connectivity index (χ0) is 12.2. The largest absolute Gasteiger partial charge is 0.399 e. The van der Waals surface area contributed by atoms with E-state index in [1.165, 1.54) is 10.6 Å². The first kappa shape index (κ1) is 10.9. The van der Waals surface area contributed by atoms with Crippen molar-refractivity contribution in [2.45, 2.75) is 18.6 Å². The molecule has 2 heterocycles. The summed E-state index contributed by atoms with van der Waals surface area (Å²) >= 11 is 0. The topological polar surface area (TPSA) is 72.6 Å². The minimum absolute atomic E-state index is 0.139. The quantitative estimate of drug-likeness (QED) is 0.755. The maximum Gasteiger partial charge on any atom is 0.234 e. The Kier molecular flexibility index (Phi) is 2.15. The Balaban J connectivity index is 2.21. The first-order valence-electron chi connectivity index (χ1n) is 5.49. The minimum Gasteiger partial charge on any atom is -0.399 e. The second-order valence-electron chi connectivity index (χ2n) is 4.53. The predicted molar refractivity (Wildman–Crippen MR) is 65.3 cm³/mol. The molecule has 92 valence electrons. The summed E-state index contributed by atoms with van der Waals surface area (Å²) in [6, 6.07) is 5.42. The van der Waals surface area contributed by atoms with Gasteiger partial charge in [0.2, 0.25) is 10.0 Å². The van der Waals surface area contributed by atoms with E-state index < -0.39 is 10.0 Å². The summed E-state index contributed by atoms with van der Waals surface area (Å²) in [5.41, 5.74) is 7.98. The number of sulfonamides is 1. The first-order chi connectivity index (χ1) is 7.98. The SMILES string of the molecule is CS(=O)(=O)N1c2cc(N)ccc2[C@@H]2CCO[C@@H]21. The second kappa shape index (κ2) is 3.36. The molecule has 6 heteroatoms. The number of nitrogens with zero attached hydrogens (tertiary/aromatic N) is 1. The highest BCUT2D eigenvalue weighted by atomic mass is 32.2. The van der Waals surface area contributed by atoms with Crippen molar-refractivity contribution in [3.63, 3.8) is 0 Å². The van der Waals surface area contributed by atoms with Gasteiger partial charge in [-0.15, -0.1) is 0 Å². The Hall–Kier alpha value is -1.27. The Bertz CT molecular complexity index is 570. The normalized spacial score (nSPS) is 27.0. The van der Waals surface area contributed by atoms with E-state index in [9.17, 15) is 8.42 Å². The monoisotopic (exact) mass is 254 g/mol. The number of nitrogens with two attached hydrogens (primary N) is 1. The van der Waals surface area contributed by atoms with Crippen LogP contribution in [0.25, 0.3) is 0 Å². The van der Waals surface area contributed by atoms with Gasteiger partial charge in [0.15, 0.2) is 6.23 Å². The molecular weight excluding hydrogens is 240 g/mol. The zero-order valence-corrected chi connectivity index (χ0v) is 10.3. The van der Waals surface area contributed by atoms with E-state index >= 15 is 0 Å². The van der Waals surface area contributed by atoms with Crippen LogP contribution in [0, 0.1) is 0 Å². The Labute approximate surface area is 100 Å². The molecule has 0 saturated carbocycles. The van der Waals surface area contributed by atoms with Crippen LogP contribution in [0.4, 0.5) is 11.4 Å². The molecule has 1 saturated heterocycles. The van der Waals surface area contributed by atoms with Crippen LogP contribution in [0.15, 0.2) is 18.2 Å². The number of rotatable bonds is 1. The summed E-state index contributed by atoms with van der Waals surface area (Å²) in [7, 11) is -3.33. The van der Waals surface area contributed by atoms with Crippen LogP contribution in [0.1, 0.15) is 17.9 Å². The van der Waals surface area contributed by atoms with Crippen molar-refractivity contribution in [3.05, 3.63) is 23.8 Å². The fourth-order valence-corrected chi connectivity index (χ4v) is 3.78. The number of anilines is 2. The maximum atomic E-state index is 11.9. The van der Waals surface area contributed by atoms with E-state index in [1.54, 1.807) is 12.1 Å². The summed E-state index contributed by atoms with van der Waals surface area (Å²) in [6.45, 7) is 0.602. The first-order valence-corrected chi connectivity index (χ1v) is 7.34. The van der Waals surface area contributed by atoms with Gasteiger partial charge in [-0.25, -0.2) is 12.7 Å². The molecule has 5 nitrogen and oxygen atoms in total. The van der Waals surface area contributed by atoms with Gasteiger partial charge in [0.05, 0.1) is 18.6 Å². The molecule has 0 amide bonds. The van der Waals surface area contributed by atoms with Crippen LogP contribution in [-0.4, -0.2) is 27.5 Å². The van der Waals surface area contributed by atoms with Gasteiger partial charge in [-0.2, -0.15) is 0 Å². The Morgan fingerprint density at radius 2 is 2.24 bits per heavy atom. The lowest BCUT2D eigenvalue weighted by atomic mass is 9.98. The Morgan fingerprint density at radius 1 is 1.47 bits per heavy atom. The smallest absolute Gasteiger partial charge is 0.234 e. The van der Waals surface area contributed by atoms with Gasteiger partial charge in [-0.3, -0.25) is 0 Å². The number of ether oxygens (including phenoxy) is 1. The van der Waals surface area contributed by atoms with Crippen LogP contribution in [0.3, 0.4) is 0 Å². The molecule has 0 radical (unpaired) electrons. The summed E-state index contributed by atoms with van der Waals surface area (Å²) < 4.78 is 30.6. The van der Waals surface area contributed by atoms with Crippen molar-refractivity contribution in [1.82, 2.24) is 0 Å². The van der Waals surface area contributed by atoms with Gasteiger partial charge in [0.25, 0.3) is 0 Å². The molecule has 2 aliphatic rings. The summed E-state index contributed by atoms with van der Waals surface area (Å²) in [5.74, 6) is 0.139. The molecule has 1 aromatic rings. The minimum atomic E-state index is -3.33. The summed E-state index contributed by atoms with van der Waals surface area (Å²) in [6.07, 6.45) is 1.67. The maximum absolute atomic E-state index is 11.9. The fourth-order valence-electron chi connectivity index (χ4n) is 2.68. The van der Waals surface area contributed by atoms with Gasteiger partial charge >= 0.3 is 0 Å². The molecule has 17 heavy (non-hydrogen) atoms.